The highest BCUT2D eigenvalue weighted by Gasteiger charge is 2.19. The zero-order valence-corrected chi connectivity index (χ0v) is 13.8. The predicted molar refractivity (Wildman–Crippen MR) is 88.7 cm³/mol. The Hall–Kier alpha value is -1.92. The van der Waals surface area contributed by atoms with Crippen molar-refractivity contribution in [1.29, 1.82) is 0 Å². The largest absolute Gasteiger partial charge is 0.290 e. The number of rotatable bonds is 5. The molecule has 116 valence electrons. The summed E-state index contributed by atoms with van der Waals surface area (Å²) >= 11 is 0. The van der Waals surface area contributed by atoms with Crippen LogP contribution in [0.2, 0.25) is 0 Å². The standard InChI is InChI=1S/C16H17NO3S2/c1-3-13-21(18,15-7-5-4-6-8-15)17-22(19,20)16-11-9-14(2)10-12-16/h3-12H,1,13H2,2H3. The molecule has 0 aliphatic carbocycles. The second-order valence-electron chi connectivity index (χ2n) is 4.77. The van der Waals surface area contributed by atoms with Crippen molar-refractivity contribution in [1.82, 2.24) is 0 Å². The fourth-order valence-corrected chi connectivity index (χ4v) is 5.65. The van der Waals surface area contributed by atoms with Gasteiger partial charge in [0.05, 0.1) is 20.4 Å². The number of sulfonamides is 1. The molecule has 2 aromatic carbocycles. The van der Waals surface area contributed by atoms with E-state index < -0.39 is 19.8 Å². The van der Waals surface area contributed by atoms with Crippen molar-refractivity contribution in [3.05, 3.63) is 72.8 Å². The maximum absolute atomic E-state index is 13.0. The van der Waals surface area contributed by atoms with Crippen molar-refractivity contribution in [2.45, 2.75) is 16.7 Å². The summed E-state index contributed by atoms with van der Waals surface area (Å²) in [6.07, 6.45) is 1.42. The van der Waals surface area contributed by atoms with Crippen LogP contribution in [0.3, 0.4) is 0 Å². The lowest BCUT2D eigenvalue weighted by atomic mass is 10.2. The predicted octanol–water partition coefficient (Wildman–Crippen LogP) is 3.40. The normalized spacial score (nSPS) is 14.0. The summed E-state index contributed by atoms with van der Waals surface area (Å²) in [6, 6.07) is 14.7. The van der Waals surface area contributed by atoms with Crippen LogP contribution in [0.4, 0.5) is 0 Å². The molecule has 0 aliphatic rings. The van der Waals surface area contributed by atoms with Crippen molar-refractivity contribution < 1.29 is 12.6 Å². The van der Waals surface area contributed by atoms with Gasteiger partial charge < -0.3 is 0 Å². The van der Waals surface area contributed by atoms with Gasteiger partial charge in [0.2, 0.25) is 0 Å². The van der Waals surface area contributed by atoms with Crippen LogP contribution in [0.15, 0.2) is 80.8 Å². The zero-order valence-electron chi connectivity index (χ0n) is 12.2. The minimum atomic E-state index is -4.00. The summed E-state index contributed by atoms with van der Waals surface area (Å²) < 4.78 is 41.6. The number of aryl methyl sites for hydroxylation is 1. The van der Waals surface area contributed by atoms with Crippen LogP contribution in [0.1, 0.15) is 5.56 Å². The second kappa shape index (κ2) is 6.46. The smallest absolute Gasteiger partial charge is 0.243 e. The summed E-state index contributed by atoms with van der Waals surface area (Å²) in [5.74, 6) is -0.0257. The number of hydrogen-bond donors (Lipinski definition) is 0. The summed E-state index contributed by atoms with van der Waals surface area (Å²) in [5, 5.41) is 0. The van der Waals surface area contributed by atoms with E-state index in [1.54, 1.807) is 42.5 Å². The van der Waals surface area contributed by atoms with E-state index in [1.807, 2.05) is 6.92 Å². The molecule has 0 bridgehead atoms. The van der Waals surface area contributed by atoms with Crippen LogP contribution in [0.5, 0.6) is 0 Å². The van der Waals surface area contributed by atoms with Crippen LogP contribution in [-0.2, 0) is 19.8 Å². The van der Waals surface area contributed by atoms with Gasteiger partial charge in [-0.25, -0.2) is 4.21 Å². The number of benzene rings is 2. The Bertz CT molecular complexity index is 877. The molecule has 0 amide bonds. The third kappa shape index (κ3) is 3.64. The molecule has 0 aliphatic heterocycles. The summed E-state index contributed by atoms with van der Waals surface area (Å²) in [7, 11) is -7.12. The van der Waals surface area contributed by atoms with E-state index >= 15 is 0 Å². The molecule has 2 aromatic rings. The molecule has 0 spiro atoms. The first kappa shape index (κ1) is 16.5. The first-order valence-electron chi connectivity index (χ1n) is 6.61. The molecule has 2 rings (SSSR count). The molecule has 22 heavy (non-hydrogen) atoms. The molecule has 0 fully saturated rings. The van der Waals surface area contributed by atoms with Crippen LogP contribution in [0.25, 0.3) is 0 Å². The highest BCUT2D eigenvalue weighted by Crippen LogP contribution is 2.20. The Morgan fingerprint density at radius 1 is 0.955 bits per heavy atom. The number of nitrogens with zero attached hydrogens (tertiary/aromatic N) is 1. The molecule has 6 heteroatoms. The fourth-order valence-electron chi connectivity index (χ4n) is 1.87. The van der Waals surface area contributed by atoms with Crippen molar-refractivity contribution in [3.8, 4) is 0 Å². The molecule has 1 atom stereocenters. The van der Waals surface area contributed by atoms with Crippen LogP contribution < -0.4 is 0 Å². The first-order chi connectivity index (χ1) is 10.4. The summed E-state index contributed by atoms with van der Waals surface area (Å²) in [5.41, 5.74) is 0.939. The van der Waals surface area contributed by atoms with Crippen molar-refractivity contribution >= 4 is 19.8 Å². The van der Waals surface area contributed by atoms with Gasteiger partial charge in [-0.15, -0.1) is 10.3 Å². The van der Waals surface area contributed by atoms with E-state index in [0.717, 1.165) is 5.56 Å². The topological polar surface area (TPSA) is 63.6 Å². The minimum absolute atomic E-state index is 0.0257. The molecule has 1 unspecified atom stereocenters. The SMILES string of the molecule is C=CCS(=O)(=NS(=O)(=O)c1ccc(C)cc1)c1ccccc1. The maximum atomic E-state index is 13.0. The van der Waals surface area contributed by atoms with E-state index in [0.29, 0.717) is 4.90 Å². The Labute approximate surface area is 131 Å². The van der Waals surface area contributed by atoms with Crippen LogP contribution >= 0.6 is 0 Å². The number of hydrogen-bond acceptors (Lipinski definition) is 3. The van der Waals surface area contributed by atoms with E-state index in [9.17, 15) is 12.6 Å². The molecular formula is C16H17NO3S2. The van der Waals surface area contributed by atoms with E-state index in [4.69, 9.17) is 0 Å². The molecule has 0 N–H and O–H groups in total. The lowest BCUT2D eigenvalue weighted by Crippen LogP contribution is -2.09. The summed E-state index contributed by atoms with van der Waals surface area (Å²) in [6.45, 7) is 5.41. The third-order valence-electron chi connectivity index (χ3n) is 2.99. The summed E-state index contributed by atoms with van der Waals surface area (Å²) in [4.78, 5) is 0.413. The van der Waals surface area contributed by atoms with E-state index in [-0.39, 0.29) is 10.6 Å². The Balaban J connectivity index is 2.62. The highest BCUT2D eigenvalue weighted by atomic mass is 32.3. The molecule has 0 heterocycles. The molecular weight excluding hydrogens is 318 g/mol. The quantitative estimate of drug-likeness (QED) is 0.787. The Kier molecular flexibility index (Phi) is 4.83. The van der Waals surface area contributed by atoms with Gasteiger partial charge in [0.1, 0.15) is 0 Å². The Morgan fingerprint density at radius 3 is 2.09 bits per heavy atom. The second-order valence-corrected chi connectivity index (χ2v) is 8.87. The van der Waals surface area contributed by atoms with Gasteiger partial charge in [-0.3, -0.25) is 0 Å². The van der Waals surface area contributed by atoms with Gasteiger partial charge in [-0.1, -0.05) is 42.0 Å². The highest BCUT2D eigenvalue weighted by molar-refractivity contribution is 8.03. The molecule has 0 saturated heterocycles. The average molecular weight is 335 g/mol. The van der Waals surface area contributed by atoms with Crippen LogP contribution in [-0.4, -0.2) is 18.4 Å². The van der Waals surface area contributed by atoms with Gasteiger partial charge in [-0.05, 0) is 31.2 Å². The van der Waals surface area contributed by atoms with Gasteiger partial charge in [-0.2, -0.15) is 8.42 Å². The zero-order chi connectivity index (χ0) is 16.2. The monoisotopic (exact) mass is 335 g/mol. The fraction of sp³-hybridized carbons (Fsp3) is 0.125. The molecule has 0 aromatic heterocycles. The van der Waals surface area contributed by atoms with Gasteiger partial charge in [0, 0.05) is 4.90 Å². The lowest BCUT2D eigenvalue weighted by Gasteiger charge is -2.08. The van der Waals surface area contributed by atoms with Crippen molar-refractivity contribution in [2.75, 3.05) is 5.75 Å². The Morgan fingerprint density at radius 2 is 1.55 bits per heavy atom. The van der Waals surface area contributed by atoms with Gasteiger partial charge >= 0.3 is 0 Å². The van der Waals surface area contributed by atoms with Gasteiger partial charge in [0.25, 0.3) is 10.0 Å². The van der Waals surface area contributed by atoms with Crippen LogP contribution in [0, 0.1) is 6.92 Å². The first-order valence-corrected chi connectivity index (χ1v) is 9.73. The lowest BCUT2D eigenvalue weighted by molar-refractivity contribution is 0.598. The van der Waals surface area contributed by atoms with E-state index in [2.05, 4.69) is 10.3 Å². The average Bonchev–Trinajstić information content (AvgIpc) is 2.48. The van der Waals surface area contributed by atoms with Crippen molar-refractivity contribution in [3.63, 3.8) is 0 Å². The maximum Gasteiger partial charge on any atom is 0.290 e. The molecule has 0 saturated carbocycles. The van der Waals surface area contributed by atoms with Crippen molar-refractivity contribution in [2.24, 2.45) is 3.77 Å². The third-order valence-corrected chi connectivity index (χ3v) is 7.31. The minimum Gasteiger partial charge on any atom is -0.243 e. The van der Waals surface area contributed by atoms with E-state index in [1.165, 1.54) is 18.2 Å². The van der Waals surface area contributed by atoms with Gasteiger partial charge in [0.15, 0.2) is 0 Å². The molecule has 0 radical (unpaired) electrons. The molecule has 4 nitrogen and oxygen atoms in total.